The molecular weight excluding hydrogens is 256 g/mol. The van der Waals surface area contributed by atoms with Crippen LogP contribution in [0, 0.1) is 11.8 Å². The zero-order valence-corrected chi connectivity index (χ0v) is 12.3. The highest BCUT2D eigenvalue weighted by atomic mass is 16.3. The fraction of sp³-hybridized carbons (Fsp3) is 0.867. The van der Waals surface area contributed by atoms with E-state index in [1.807, 2.05) is 4.90 Å². The molecule has 2 unspecified atom stereocenters. The van der Waals surface area contributed by atoms with Crippen molar-refractivity contribution < 1.29 is 14.7 Å². The zero-order valence-electron chi connectivity index (χ0n) is 12.3. The van der Waals surface area contributed by atoms with Crippen LogP contribution in [-0.2, 0) is 9.59 Å². The molecule has 1 aliphatic carbocycles. The predicted octanol–water partition coefficient (Wildman–Crippen LogP) is 0.912. The Bertz CT molecular complexity index is 349. The van der Waals surface area contributed by atoms with Crippen LogP contribution in [-0.4, -0.2) is 47.6 Å². The molecule has 5 heteroatoms. The second-order valence-electron chi connectivity index (χ2n) is 6.09. The number of rotatable bonds is 8. The second kappa shape index (κ2) is 7.07. The van der Waals surface area contributed by atoms with E-state index in [-0.39, 0.29) is 24.3 Å². The largest absolute Gasteiger partial charge is 0.396 e. The topological polar surface area (TPSA) is 69.6 Å². The van der Waals surface area contributed by atoms with Crippen molar-refractivity contribution in [1.29, 1.82) is 0 Å². The molecule has 1 aliphatic heterocycles. The molecule has 2 amide bonds. The molecule has 2 aliphatic rings. The van der Waals surface area contributed by atoms with E-state index in [0.717, 1.165) is 32.1 Å². The van der Waals surface area contributed by atoms with E-state index in [1.54, 1.807) is 0 Å². The summed E-state index contributed by atoms with van der Waals surface area (Å²) in [6.45, 7) is 3.47. The first kappa shape index (κ1) is 15.3. The number of amides is 2. The molecule has 1 heterocycles. The van der Waals surface area contributed by atoms with Gasteiger partial charge in [-0.3, -0.25) is 9.59 Å². The predicted molar refractivity (Wildman–Crippen MR) is 76.0 cm³/mol. The number of nitrogens with one attached hydrogen (secondary N) is 1. The number of likely N-dealkylation sites (tertiary alicyclic amines) is 1. The Morgan fingerprint density at radius 1 is 1.45 bits per heavy atom. The Morgan fingerprint density at radius 3 is 2.80 bits per heavy atom. The van der Waals surface area contributed by atoms with Crippen LogP contribution < -0.4 is 5.32 Å². The fourth-order valence-corrected chi connectivity index (χ4v) is 2.97. The van der Waals surface area contributed by atoms with Crippen molar-refractivity contribution in [2.24, 2.45) is 11.8 Å². The van der Waals surface area contributed by atoms with E-state index in [0.29, 0.717) is 31.5 Å². The van der Waals surface area contributed by atoms with Crippen molar-refractivity contribution in [3.63, 3.8) is 0 Å². The van der Waals surface area contributed by atoms with Crippen LogP contribution in [0.4, 0.5) is 0 Å². The number of aliphatic hydroxyl groups is 1. The number of carbonyl (C=O) groups is 2. The lowest BCUT2D eigenvalue weighted by atomic mass is 9.99. The first-order valence-electron chi connectivity index (χ1n) is 7.83. The Morgan fingerprint density at radius 2 is 2.20 bits per heavy atom. The summed E-state index contributed by atoms with van der Waals surface area (Å²) in [5, 5.41) is 12.0. The molecule has 0 aromatic heterocycles. The van der Waals surface area contributed by atoms with Gasteiger partial charge >= 0.3 is 0 Å². The first-order valence-corrected chi connectivity index (χ1v) is 7.83. The monoisotopic (exact) mass is 282 g/mol. The molecule has 2 N–H and O–H groups in total. The molecule has 1 saturated heterocycles. The number of hydrogen-bond donors (Lipinski definition) is 2. The SMILES string of the molecule is CCCC(CCO)CNC(=O)C1CC(=O)N(C2CC2)C1. The first-order chi connectivity index (χ1) is 9.65. The highest BCUT2D eigenvalue weighted by Gasteiger charge is 2.41. The summed E-state index contributed by atoms with van der Waals surface area (Å²) in [6, 6.07) is 0.405. The van der Waals surface area contributed by atoms with Crippen molar-refractivity contribution in [2.45, 2.75) is 51.5 Å². The number of aliphatic hydroxyl groups excluding tert-OH is 1. The van der Waals surface area contributed by atoms with Gasteiger partial charge in [0, 0.05) is 32.2 Å². The van der Waals surface area contributed by atoms with E-state index >= 15 is 0 Å². The molecule has 2 rings (SSSR count). The summed E-state index contributed by atoms with van der Waals surface area (Å²) in [7, 11) is 0. The highest BCUT2D eigenvalue weighted by molar-refractivity contribution is 5.89. The smallest absolute Gasteiger partial charge is 0.225 e. The molecule has 114 valence electrons. The van der Waals surface area contributed by atoms with Crippen LogP contribution >= 0.6 is 0 Å². The summed E-state index contributed by atoms with van der Waals surface area (Å²) >= 11 is 0. The summed E-state index contributed by atoms with van der Waals surface area (Å²) in [5.74, 6) is 0.291. The summed E-state index contributed by atoms with van der Waals surface area (Å²) in [5.41, 5.74) is 0. The van der Waals surface area contributed by atoms with Crippen molar-refractivity contribution in [3.8, 4) is 0 Å². The van der Waals surface area contributed by atoms with Crippen molar-refractivity contribution in [2.75, 3.05) is 19.7 Å². The fourth-order valence-electron chi connectivity index (χ4n) is 2.97. The van der Waals surface area contributed by atoms with Gasteiger partial charge in [-0.25, -0.2) is 0 Å². The van der Waals surface area contributed by atoms with Gasteiger partial charge in [0.05, 0.1) is 5.92 Å². The molecule has 0 aromatic rings. The van der Waals surface area contributed by atoms with Crippen molar-refractivity contribution in [1.82, 2.24) is 10.2 Å². The quantitative estimate of drug-likeness (QED) is 0.695. The van der Waals surface area contributed by atoms with Crippen LogP contribution in [0.25, 0.3) is 0 Å². The molecule has 2 fully saturated rings. The van der Waals surface area contributed by atoms with Gasteiger partial charge in [0.2, 0.25) is 11.8 Å². The van der Waals surface area contributed by atoms with Crippen LogP contribution in [0.1, 0.15) is 45.4 Å². The van der Waals surface area contributed by atoms with Gasteiger partial charge in [-0.2, -0.15) is 0 Å². The Hall–Kier alpha value is -1.10. The van der Waals surface area contributed by atoms with Crippen molar-refractivity contribution >= 4 is 11.8 Å². The Labute approximate surface area is 120 Å². The molecule has 5 nitrogen and oxygen atoms in total. The van der Waals surface area contributed by atoms with Gasteiger partial charge in [0.15, 0.2) is 0 Å². The van der Waals surface area contributed by atoms with Gasteiger partial charge in [-0.1, -0.05) is 13.3 Å². The van der Waals surface area contributed by atoms with E-state index in [2.05, 4.69) is 12.2 Å². The number of hydrogen-bond acceptors (Lipinski definition) is 3. The number of carbonyl (C=O) groups excluding carboxylic acids is 2. The summed E-state index contributed by atoms with van der Waals surface area (Å²) in [4.78, 5) is 25.8. The van der Waals surface area contributed by atoms with Crippen LogP contribution in [0.3, 0.4) is 0 Å². The van der Waals surface area contributed by atoms with E-state index in [4.69, 9.17) is 5.11 Å². The minimum absolute atomic E-state index is 0.000503. The molecule has 1 saturated carbocycles. The lowest BCUT2D eigenvalue weighted by Gasteiger charge is -2.18. The van der Waals surface area contributed by atoms with Gasteiger partial charge in [-0.05, 0) is 31.6 Å². The third kappa shape index (κ3) is 3.95. The molecular formula is C15H26N2O3. The maximum atomic E-state index is 12.1. The molecule has 0 bridgehead atoms. The normalized spacial score (nSPS) is 24.0. The minimum Gasteiger partial charge on any atom is -0.396 e. The Kier molecular flexibility index (Phi) is 5.40. The summed E-state index contributed by atoms with van der Waals surface area (Å²) < 4.78 is 0. The minimum atomic E-state index is -0.181. The average molecular weight is 282 g/mol. The van der Waals surface area contributed by atoms with Gasteiger partial charge in [-0.15, -0.1) is 0 Å². The van der Waals surface area contributed by atoms with Gasteiger partial charge < -0.3 is 15.3 Å². The maximum Gasteiger partial charge on any atom is 0.225 e. The molecule has 0 aromatic carbocycles. The molecule has 0 radical (unpaired) electrons. The zero-order chi connectivity index (χ0) is 14.5. The lowest BCUT2D eigenvalue weighted by molar-refractivity contribution is -0.129. The second-order valence-corrected chi connectivity index (χ2v) is 6.09. The van der Waals surface area contributed by atoms with E-state index in [9.17, 15) is 9.59 Å². The third-order valence-corrected chi connectivity index (χ3v) is 4.32. The van der Waals surface area contributed by atoms with Crippen LogP contribution in [0.5, 0.6) is 0 Å². The molecule has 2 atom stereocenters. The number of nitrogens with zero attached hydrogens (tertiary/aromatic N) is 1. The van der Waals surface area contributed by atoms with Crippen LogP contribution in [0.15, 0.2) is 0 Å². The van der Waals surface area contributed by atoms with Crippen molar-refractivity contribution in [3.05, 3.63) is 0 Å². The standard InChI is InChI=1S/C15H26N2O3/c1-2-3-11(6-7-18)9-16-15(20)12-8-14(19)17(10-12)13-4-5-13/h11-13,18H,2-10H2,1H3,(H,16,20). The van der Waals surface area contributed by atoms with E-state index < -0.39 is 0 Å². The van der Waals surface area contributed by atoms with Crippen LogP contribution in [0.2, 0.25) is 0 Å². The van der Waals surface area contributed by atoms with Gasteiger partial charge in [0.1, 0.15) is 0 Å². The maximum absolute atomic E-state index is 12.1. The Balaban J connectivity index is 1.75. The average Bonchev–Trinajstić information content (AvgIpc) is 3.19. The summed E-state index contributed by atoms with van der Waals surface area (Å²) in [6.07, 6.45) is 5.34. The third-order valence-electron chi connectivity index (χ3n) is 4.32. The highest BCUT2D eigenvalue weighted by Crippen LogP contribution is 2.32. The van der Waals surface area contributed by atoms with E-state index in [1.165, 1.54) is 0 Å². The molecule has 0 spiro atoms. The van der Waals surface area contributed by atoms with Gasteiger partial charge in [0.25, 0.3) is 0 Å². The molecule has 20 heavy (non-hydrogen) atoms. The lowest BCUT2D eigenvalue weighted by Crippen LogP contribution is -2.36.